The van der Waals surface area contributed by atoms with Crippen molar-refractivity contribution in [3.05, 3.63) is 60.2 Å². The molecule has 0 saturated carbocycles. The Hall–Kier alpha value is -2.38. The van der Waals surface area contributed by atoms with Crippen molar-refractivity contribution in [2.45, 2.75) is 41.2 Å². The number of rotatable bonds is 5. The summed E-state index contributed by atoms with van der Waals surface area (Å²) in [7, 11) is -3.89. The van der Waals surface area contributed by atoms with E-state index in [1.165, 1.54) is 5.56 Å². The van der Waals surface area contributed by atoms with E-state index in [9.17, 15) is 13.2 Å². The minimum absolute atomic E-state index is 0.0966. The summed E-state index contributed by atoms with van der Waals surface area (Å²) in [5.41, 5.74) is 7.93. The van der Waals surface area contributed by atoms with Crippen LogP contribution in [0.3, 0.4) is 0 Å². The molecule has 6 nitrogen and oxygen atoms in total. The molecule has 2 aromatic rings. The van der Waals surface area contributed by atoms with Crippen LogP contribution in [0.15, 0.2) is 59.5 Å². The molecule has 0 radical (unpaired) electrons. The molecule has 0 atom stereocenters. The third-order valence-electron chi connectivity index (χ3n) is 6.54. The fraction of sp³-hybridized carbons (Fsp3) is 0.435. The highest BCUT2D eigenvalue weighted by molar-refractivity contribution is 7.93. The molecular weight excluding hydrogens is 400 g/mol. The van der Waals surface area contributed by atoms with Gasteiger partial charge in [0.2, 0.25) is 5.91 Å². The van der Waals surface area contributed by atoms with Crippen LogP contribution in [0, 0.1) is 0 Å². The lowest BCUT2D eigenvalue weighted by Gasteiger charge is -2.35. The highest BCUT2D eigenvalue weighted by atomic mass is 32.2. The third kappa shape index (κ3) is 3.72. The first-order chi connectivity index (χ1) is 14.4. The van der Waals surface area contributed by atoms with Gasteiger partial charge in [-0.05, 0) is 61.4 Å². The molecule has 2 aliphatic heterocycles. The lowest BCUT2D eigenvalue weighted by atomic mass is 9.89. The topological polar surface area (TPSA) is 89.7 Å². The predicted octanol–water partition coefficient (Wildman–Crippen LogP) is 2.88. The van der Waals surface area contributed by atoms with Crippen molar-refractivity contribution >= 4 is 21.4 Å². The van der Waals surface area contributed by atoms with Crippen LogP contribution in [0.2, 0.25) is 0 Å². The van der Waals surface area contributed by atoms with Gasteiger partial charge in [0.1, 0.15) is 0 Å². The molecule has 4 rings (SSSR count). The standard InChI is InChI=1S/C23H28N2O4S/c24-22(26)23(12-16-29-17-13-23)30(27,28)21-8-6-20(7-9-21)25-14-10-19(11-15-25)18-4-2-1-3-5-18/h1-9,19H,10-17H2,(H2,24,26). The minimum atomic E-state index is -3.89. The number of hydrogen-bond acceptors (Lipinski definition) is 5. The first kappa shape index (κ1) is 20.9. The van der Waals surface area contributed by atoms with E-state index in [1.807, 2.05) is 18.2 Å². The first-order valence-corrected chi connectivity index (χ1v) is 11.9. The van der Waals surface area contributed by atoms with Gasteiger partial charge in [0.05, 0.1) is 4.90 Å². The maximum absolute atomic E-state index is 13.3. The van der Waals surface area contributed by atoms with Gasteiger partial charge in [-0.1, -0.05) is 30.3 Å². The van der Waals surface area contributed by atoms with Crippen molar-refractivity contribution in [2.75, 3.05) is 31.2 Å². The molecule has 2 aromatic carbocycles. The van der Waals surface area contributed by atoms with E-state index >= 15 is 0 Å². The summed E-state index contributed by atoms with van der Waals surface area (Å²) in [4.78, 5) is 14.6. The largest absolute Gasteiger partial charge is 0.381 e. The maximum Gasteiger partial charge on any atom is 0.239 e. The molecule has 1 amide bonds. The second-order valence-corrected chi connectivity index (χ2v) is 10.4. The molecule has 0 spiro atoms. The molecule has 0 aliphatic carbocycles. The Balaban J connectivity index is 1.48. The summed E-state index contributed by atoms with van der Waals surface area (Å²) in [6.45, 7) is 2.29. The van der Waals surface area contributed by atoms with Crippen molar-refractivity contribution in [3.8, 4) is 0 Å². The van der Waals surface area contributed by atoms with Crippen LogP contribution < -0.4 is 10.6 Å². The number of nitrogens with two attached hydrogens (primary N) is 1. The number of nitrogens with zero attached hydrogens (tertiary/aromatic N) is 1. The monoisotopic (exact) mass is 428 g/mol. The van der Waals surface area contributed by atoms with E-state index in [0.717, 1.165) is 31.6 Å². The van der Waals surface area contributed by atoms with E-state index in [1.54, 1.807) is 12.1 Å². The highest BCUT2D eigenvalue weighted by Gasteiger charge is 2.51. The number of ether oxygens (including phenoxy) is 1. The fourth-order valence-electron chi connectivity index (χ4n) is 4.61. The summed E-state index contributed by atoms with van der Waals surface area (Å²) in [5.74, 6) is -0.232. The van der Waals surface area contributed by atoms with Crippen molar-refractivity contribution in [1.29, 1.82) is 0 Å². The molecule has 7 heteroatoms. The molecule has 2 N–H and O–H groups in total. The van der Waals surface area contributed by atoms with Gasteiger partial charge >= 0.3 is 0 Å². The van der Waals surface area contributed by atoms with E-state index in [4.69, 9.17) is 10.5 Å². The number of anilines is 1. The number of carbonyl (C=O) groups is 1. The fourth-order valence-corrected chi connectivity index (χ4v) is 6.52. The van der Waals surface area contributed by atoms with Gasteiger partial charge < -0.3 is 15.4 Å². The Labute approximate surface area is 177 Å². The van der Waals surface area contributed by atoms with Crippen LogP contribution in [0.1, 0.15) is 37.2 Å². The van der Waals surface area contributed by atoms with E-state index < -0.39 is 20.5 Å². The SMILES string of the molecule is NC(=O)C1(S(=O)(=O)c2ccc(N3CCC(c4ccccc4)CC3)cc2)CCOCC1. The second-order valence-electron chi connectivity index (χ2n) is 8.14. The molecule has 0 unspecified atom stereocenters. The Kier molecular flexibility index (Phi) is 5.84. The van der Waals surface area contributed by atoms with Gasteiger partial charge in [0.25, 0.3) is 0 Å². The van der Waals surface area contributed by atoms with Gasteiger partial charge in [-0.15, -0.1) is 0 Å². The first-order valence-electron chi connectivity index (χ1n) is 10.5. The van der Waals surface area contributed by atoms with E-state index in [0.29, 0.717) is 5.92 Å². The summed E-state index contributed by atoms with van der Waals surface area (Å²) < 4.78 is 30.2. The maximum atomic E-state index is 13.3. The molecule has 0 aromatic heterocycles. The number of amides is 1. The summed E-state index contributed by atoms with van der Waals surface area (Å²) in [6.07, 6.45) is 2.32. The van der Waals surface area contributed by atoms with Crippen LogP contribution in [0.4, 0.5) is 5.69 Å². The quantitative estimate of drug-likeness (QED) is 0.791. The van der Waals surface area contributed by atoms with Crippen molar-refractivity contribution in [2.24, 2.45) is 5.73 Å². The lowest BCUT2D eigenvalue weighted by molar-refractivity contribution is -0.122. The van der Waals surface area contributed by atoms with Gasteiger partial charge in [0.15, 0.2) is 14.6 Å². The number of sulfone groups is 1. The number of piperidine rings is 1. The average molecular weight is 429 g/mol. The van der Waals surface area contributed by atoms with Crippen LogP contribution in [-0.2, 0) is 19.4 Å². The van der Waals surface area contributed by atoms with Gasteiger partial charge in [0, 0.05) is 32.0 Å². The van der Waals surface area contributed by atoms with Crippen molar-refractivity contribution < 1.29 is 17.9 Å². The molecule has 0 bridgehead atoms. The Morgan fingerprint density at radius 1 is 0.967 bits per heavy atom. The highest BCUT2D eigenvalue weighted by Crippen LogP contribution is 2.36. The Morgan fingerprint density at radius 3 is 2.13 bits per heavy atom. The number of primary amides is 1. The predicted molar refractivity (Wildman–Crippen MR) is 116 cm³/mol. The summed E-state index contributed by atoms with van der Waals surface area (Å²) in [6, 6.07) is 17.5. The Morgan fingerprint density at radius 2 is 1.57 bits per heavy atom. The van der Waals surface area contributed by atoms with Gasteiger partial charge in [-0.3, -0.25) is 4.79 Å². The van der Waals surface area contributed by atoms with E-state index in [2.05, 4.69) is 29.2 Å². The molecule has 2 heterocycles. The molecule has 2 saturated heterocycles. The number of carbonyl (C=O) groups excluding carboxylic acids is 1. The normalized spacial score (nSPS) is 20.1. The molecule has 2 aliphatic rings. The summed E-state index contributed by atoms with van der Waals surface area (Å²) in [5, 5.41) is 0. The van der Waals surface area contributed by atoms with Crippen molar-refractivity contribution in [3.63, 3.8) is 0 Å². The third-order valence-corrected chi connectivity index (χ3v) is 9.07. The zero-order chi connectivity index (χ0) is 21.2. The van der Waals surface area contributed by atoms with Gasteiger partial charge in [-0.2, -0.15) is 0 Å². The molecule has 30 heavy (non-hydrogen) atoms. The molecule has 2 fully saturated rings. The smallest absolute Gasteiger partial charge is 0.239 e. The Bertz CT molecular complexity index is 976. The second kappa shape index (κ2) is 8.40. The summed E-state index contributed by atoms with van der Waals surface area (Å²) >= 11 is 0. The molecular formula is C23H28N2O4S. The van der Waals surface area contributed by atoms with Crippen molar-refractivity contribution in [1.82, 2.24) is 0 Å². The van der Waals surface area contributed by atoms with Crippen LogP contribution in [-0.4, -0.2) is 45.4 Å². The van der Waals surface area contributed by atoms with E-state index in [-0.39, 0.29) is 31.0 Å². The average Bonchev–Trinajstić information content (AvgIpc) is 2.80. The molecule has 160 valence electrons. The van der Waals surface area contributed by atoms with Crippen LogP contribution >= 0.6 is 0 Å². The van der Waals surface area contributed by atoms with Crippen LogP contribution in [0.5, 0.6) is 0 Å². The van der Waals surface area contributed by atoms with Crippen LogP contribution in [0.25, 0.3) is 0 Å². The number of benzene rings is 2. The number of hydrogen-bond donors (Lipinski definition) is 1. The zero-order valence-electron chi connectivity index (χ0n) is 17.0. The zero-order valence-corrected chi connectivity index (χ0v) is 17.8. The lowest BCUT2D eigenvalue weighted by Crippen LogP contribution is -2.53. The minimum Gasteiger partial charge on any atom is -0.381 e. The van der Waals surface area contributed by atoms with Gasteiger partial charge in [-0.25, -0.2) is 8.42 Å².